The van der Waals surface area contributed by atoms with E-state index in [1.807, 2.05) is 13.0 Å². The van der Waals surface area contributed by atoms with E-state index >= 15 is 0 Å². The standard InChI is InChI=1S/C15H13N5O2S/c1-6-9-10(7-4-2-3-5-8(7)21)11-12(16-13(9)20-19-6)17-15(23)18-14(11)22/h2-5,10,21H,1H3,(H4,16,17,18,19,20,22,23)/t10-/m0/s1. The summed E-state index contributed by atoms with van der Waals surface area (Å²) in [6.45, 7) is 1.88. The number of para-hydroxylation sites is 1. The third-order valence-electron chi connectivity index (χ3n) is 4.04. The van der Waals surface area contributed by atoms with E-state index in [2.05, 4.69) is 25.5 Å². The predicted molar refractivity (Wildman–Crippen MR) is 87.9 cm³/mol. The van der Waals surface area contributed by atoms with Crippen molar-refractivity contribution in [3.05, 3.63) is 61.8 Å². The number of aryl methyl sites for hydroxylation is 1. The Morgan fingerprint density at radius 2 is 2.00 bits per heavy atom. The van der Waals surface area contributed by atoms with Gasteiger partial charge in [0.15, 0.2) is 10.6 Å². The van der Waals surface area contributed by atoms with Crippen LogP contribution in [0.3, 0.4) is 0 Å². The molecule has 0 fully saturated rings. The summed E-state index contributed by atoms with van der Waals surface area (Å²) in [5.41, 5.74) is 2.47. The molecule has 0 bridgehead atoms. The van der Waals surface area contributed by atoms with Crippen LogP contribution < -0.4 is 10.9 Å². The smallest absolute Gasteiger partial charge is 0.257 e. The minimum atomic E-state index is -0.447. The summed E-state index contributed by atoms with van der Waals surface area (Å²) < 4.78 is 0.230. The lowest BCUT2D eigenvalue weighted by Crippen LogP contribution is -2.25. The maximum atomic E-state index is 12.5. The first-order valence-electron chi connectivity index (χ1n) is 7.02. The maximum Gasteiger partial charge on any atom is 0.257 e. The SMILES string of the molecule is Cc1[nH]nc2c1[C@H](c1ccccc1O)c1c([nH]c(=S)[nH]c1=O)N2. The molecule has 0 spiro atoms. The van der Waals surface area contributed by atoms with Crippen molar-refractivity contribution >= 4 is 23.9 Å². The Morgan fingerprint density at radius 1 is 1.22 bits per heavy atom. The van der Waals surface area contributed by atoms with Gasteiger partial charge in [-0.1, -0.05) is 18.2 Å². The summed E-state index contributed by atoms with van der Waals surface area (Å²) in [6.07, 6.45) is 0. The Labute approximate surface area is 135 Å². The molecule has 1 aliphatic rings. The van der Waals surface area contributed by atoms with Gasteiger partial charge in [-0.15, -0.1) is 0 Å². The molecule has 1 aromatic carbocycles. The van der Waals surface area contributed by atoms with E-state index in [-0.39, 0.29) is 16.1 Å². The second-order valence-corrected chi connectivity index (χ2v) is 5.83. The Kier molecular flexibility index (Phi) is 2.88. The van der Waals surface area contributed by atoms with E-state index in [1.54, 1.807) is 18.2 Å². The van der Waals surface area contributed by atoms with Crippen molar-refractivity contribution in [2.75, 3.05) is 5.32 Å². The number of phenolic OH excluding ortho intramolecular Hbond substituents is 1. The zero-order chi connectivity index (χ0) is 16.1. The minimum absolute atomic E-state index is 0.124. The van der Waals surface area contributed by atoms with Crippen molar-refractivity contribution < 1.29 is 5.11 Å². The van der Waals surface area contributed by atoms with Gasteiger partial charge in [-0.05, 0) is 25.2 Å². The normalized spacial score (nSPS) is 15.6. The highest BCUT2D eigenvalue weighted by atomic mass is 32.1. The number of hydrogen-bond acceptors (Lipinski definition) is 5. The van der Waals surface area contributed by atoms with Crippen LogP contribution >= 0.6 is 12.2 Å². The Balaban J connectivity index is 2.09. The first-order valence-corrected chi connectivity index (χ1v) is 7.43. The summed E-state index contributed by atoms with van der Waals surface area (Å²) in [4.78, 5) is 18.1. The van der Waals surface area contributed by atoms with E-state index < -0.39 is 5.92 Å². The molecule has 0 amide bonds. The summed E-state index contributed by atoms with van der Waals surface area (Å²) in [6, 6.07) is 6.97. The lowest BCUT2D eigenvalue weighted by Gasteiger charge is -2.26. The molecule has 0 unspecified atom stereocenters. The molecule has 0 saturated carbocycles. The van der Waals surface area contributed by atoms with Gasteiger partial charge in [0, 0.05) is 16.8 Å². The second kappa shape index (κ2) is 4.82. The van der Waals surface area contributed by atoms with Crippen LogP contribution in [0.15, 0.2) is 29.1 Å². The fraction of sp³-hybridized carbons (Fsp3) is 0.133. The van der Waals surface area contributed by atoms with E-state index in [4.69, 9.17) is 12.2 Å². The van der Waals surface area contributed by atoms with Crippen molar-refractivity contribution in [1.82, 2.24) is 20.2 Å². The molecular formula is C15H13N5O2S. The maximum absolute atomic E-state index is 12.5. The number of anilines is 2. The van der Waals surface area contributed by atoms with Gasteiger partial charge in [-0.3, -0.25) is 14.9 Å². The van der Waals surface area contributed by atoms with Gasteiger partial charge < -0.3 is 15.4 Å². The fourth-order valence-electron chi connectivity index (χ4n) is 3.06. The second-order valence-electron chi connectivity index (χ2n) is 5.42. The molecule has 0 radical (unpaired) electrons. The molecule has 8 heteroatoms. The molecule has 4 rings (SSSR count). The number of hydrogen-bond donors (Lipinski definition) is 5. The molecule has 0 saturated heterocycles. The number of aromatic hydroxyl groups is 1. The van der Waals surface area contributed by atoms with E-state index in [0.717, 1.165) is 11.3 Å². The van der Waals surface area contributed by atoms with Gasteiger partial charge in [0.1, 0.15) is 11.6 Å². The van der Waals surface area contributed by atoms with Gasteiger partial charge in [-0.2, -0.15) is 5.10 Å². The van der Waals surface area contributed by atoms with Gasteiger partial charge in [0.05, 0.1) is 11.5 Å². The van der Waals surface area contributed by atoms with Crippen molar-refractivity contribution in [3.8, 4) is 5.75 Å². The largest absolute Gasteiger partial charge is 0.508 e. The predicted octanol–water partition coefficient (Wildman–Crippen LogP) is 2.41. The zero-order valence-electron chi connectivity index (χ0n) is 12.1. The molecular weight excluding hydrogens is 314 g/mol. The van der Waals surface area contributed by atoms with Crippen molar-refractivity contribution in [3.63, 3.8) is 0 Å². The number of benzene rings is 1. The molecule has 3 heterocycles. The number of rotatable bonds is 1. The Morgan fingerprint density at radius 3 is 2.78 bits per heavy atom. The molecule has 23 heavy (non-hydrogen) atoms. The fourth-order valence-corrected chi connectivity index (χ4v) is 3.26. The molecule has 7 nitrogen and oxygen atoms in total. The van der Waals surface area contributed by atoms with Crippen molar-refractivity contribution in [2.24, 2.45) is 0 Å². The Hall–Kier alpha value is -2.87. The molecule has 2 aromatic heterocycles. The van der Waals surface area contributed by atoms with Crippen LogP contribution in [0.1, 0.15) is 28.3 Å². The highest BCUT2D eigenvalue weighted by Gasteiger charge is 2.34. The van der Waals surface area contributed by atoms with Crippen molar-refractivity contribution in [1.29, 1.82) is 0 Å². The number of fused-ring (bicyclic) bond motifs is 2. The third-order valence-corrected chi connectivity index (χ3v) is 4.25. The average molecular weight is 327 g/mol. The molecule has 0 aliphatic carbocycles. The first-order chi connectivity index (χ1) is 11.1. The van der Waals surface area contributed by atoms with Gasteiger partial charge in [-0.25, -0.2) is 0 Å². The molecule has 1 aliphatic heterocycles. The van der Waals surface area contributed by atoms with Gasteiger partial charge in [0.25, 0.3) is 5.56 Å². The quantitative estimate of drug-likeness (QED) is 0.345. The number of phenols is 1. The minimum Gasteiger partial charge on any atom is -0.508 e. The first kappa shape index (κ1) is 13.8. The molecule has 116 valence electrons. The van der Waals surface area contributed by atoms with Gasteiger partial charge >= 0.3 is 0 Å². The number of nitrogens with zero attached hydrogens (tertiary/aromatic N) is 1. The summed E-state index contributed by atoms with van der Waals surface area (Å²) in [5.74, 6) is 0.779. The highest BCUT2D eigenvalue weighted by Crippen LogP contribution is 2.45. The third kappa shape index (κ3) is 1.99. The van der Waals surface area contributed by atoms with E-state index in [0.29, 0.717) is 22.8 Å². The zero-order valence-corrected chi connectivity index (χ0v) is 12.9. The molecule has 1 atom stereocenters. The van der Waals surface area contributed by atoms with Gasteiger partial charge in [0.2, 0.25) is 0 Å². The average Bonchev–Trinajstić information content (AvgIpc) is 2.87. The Bertz CT molecular complexity index is 1030. The number of H-pyrrole nitrogens is 3. The number of aromatic amines is 3. The monoisotopic (exact) mass is 327 g/mol. The van der Waals surface area contributed by atoms with Crippen LogP contribution in [0.4, 0.5) is 11.6 Å². The van der Waals surface area contributed by atoms with Crippen LogP contribution in [0.2, 0.25) is 0 Å². The summed E-state index contributed by atoms with van der Waals surface area (Å²) in [5, 5.41) is 20.5. The van der Waals surface area contributed by atoms with Crippen molar-refractivity contribution in [2.45, 2.75) is 12.8 Å². The van der Waals surface area contributed by atoms with Crippen LogP contribution in [-0.2, 0) is 0 Å². The van der Waals surface area contributed by atoms with Crippen LogP contribution in [-0.4, -0.2) is 25.3 Å². The van der Waals surface area contributed by atoms with Crippen LogP contribution in [0, 0.1) is 11.7 Å². The lowest BCUT2D eigenvalue weighted by molar-refractivity contribution is 0.467. The summed E-state index contributed by atoms with van der Waals surface area (Å²) >= 11 is 5.04. The topological polar surface area (TPSA) is 110 Å². The van der Waals surface area contributed by atoms with Crippen LogP contribution in [0.25, 0.3) is 0 Å². The lowest BCUT2D eigenvalue weighted by atomic mass is 9.83. The van der Waals surface area contributed by atoms with E-state index in [1.165, 1.54) is 0 Å². The summed E-state index contributed by atoms with van der Waals surface area (Å²) in [7, 11) is 0. The highest BCUT2D eigenvalue weighted by molar-refractivity contribution is 7.71. The number of aromatic nitrogens is 4. The number of nitrogens with one attached hydrogen (secondary N) is 4. The molecule has 5 N–H and O–H groups in total. The molecule has 3 aromatic rings. The van der Waals surface area contributed by atoms with Crippen LogP contribution in [0.5, 0.6) is 5.75 Å². The van der Waals surface area contributed by atoms with E-state index in [9.17, 15) is 9.90 Å².